The Morgan fingerprint density at radius 3 is 2.75 bits per heavy atom. The van der Waals surface area contributed by atoms with Crippen molar-refractivity contribution < 1.29 is 23.4 Å². The van der Waals surface area contributed by atoms with E-state index in [2.05, 4.69) is 15.3 Å². The van der Waals surface area contributed by atoms with E-state index >= 15 is 0 Å². The van der Waals surface area contributed by atoms with E-state index in [1.165, 1.54) is 4.57 Å². The minimum atomic E-state index is -1.60. The molecule has 146 valence electrons. The molecule has 7 nitrogen and oxygen atoms in total. The highest BCUT2D eigenvalue weighted by Gasteiger charge is 2.45. The average Bonchev–Trinajstić information content (AvgIpc) is 3.20. The fourth-order valence-corrected chi connectivity index (χ4v) is 3.85. The SMILES string of the molecule is O=C(Nc1ncnc2c1c(F)cn2[C@@H]1O[C@H](CI)[C@@H](F)[C@H]1O)c1ccccc1. The lowest BCUT2D eigenvalue weighted by molar-refractivity contribution is -0.0279. The van der Waals surface area contributed by atoms with Crippen molar-refractivity contribution >= 4 is 45.3 Å². The van der Waals surface area contributed by atoms with Crippen molar-refractivity contribution in [3.05, 3.63) is 54.2 Å². The summed E-state index contributed by atoms with van der Waals surface area (Å²) in [5.41, 5.74) is 0.468. The highest BCUT2D eigenvalue weighted by Crippen LogP contribution is 2.36. The van der Waals surface area contributed by atoms with Gasteiger partial charge >= 0.3 is 0 Å². The first-order valence-electron chi connectivity index (χ1n) is 8.42. The molecule has 10 heteroatoms. The number of ether oxygens (including phenoxy) is 1. The second kappa shape index (κ2) is 7.68. The number of aromatic nitrogens is 3. The van der Waals surface area contributed by atoms with E-state index in [4.69, 9.17) is 4.74 Å². The summed E-state index contributed by atoms with van der Waals surface area (Å²) in [7, 11) is 0. The number of carbonyl (C=O) groups excluding carboxylic acids is 1. The zero-order chi connectivity index (χ0) is 19.8. The monoisotopic (exact) mass is 500 g/mol. The third-order valence-corrected chi connectivity index (χ3v) is 5.41. The van der Waals surface area contributed by atoms with Gasteiger partial charge in [0.05, 0.1) is 5.39 Å². The summed E-state index contributed by atoms with van der Waals surface area (Å²) in [5, 5.41) is 12.7. The van der Waals surface area contributed by atoms with Crippen molar-refractivity contribution in [3.63, 3.8) is 0 Å². The Bertz CT molecular complexity index is 1020. The number of hydrogen-bond donors (Lipinski definition) is 2. The molecule has 0 spiro atoms. The lowest BCUT2D eigenvalue weighted by atomic mass is 10.2. The summed E-state index contributed by atoms with van der Waals surface area (Å²) < 4.78 is 36.0. The Kier molecular flexibility index (Phi) is 5.25. The number of hydrogen-bond acceptors (Lipinski definition) is 5. The van der Waals surface area contributed by atoms with Crippen LogP contribution in [0.4, 0.5) is 14.6 Å². The number of rotatable bonds is 4. The Labute approximate surface area is 171 Å². The number of nitrogens with zero attached hydrogens (tertiary/aromatic N) is 3. The molecule has 1 aromatic carbocycles. The molecule has 0 saturated carbocycles. The Hall–Kier alpha value is -2.18. The molecule has 3 aromatic rings. The number of nitrogens with one attached hydrogen (secondary N) is 1. The van der Waals surface area contributed by atoms with Crippen molar-refractivity contribution in [2.45, 2.75) is 24.6 Å². The molecule has 1 aliphatic heterocycles. The molecule has 4 rings (SSSR count). The summed E-state index contributed by atoms with van der Waals surface area (Å²) >= 11 is 1.96. The molecule has 28 heavy (non-hydrogen) atoms. The third-order valence-electron chi connectivity index (χ3n) is 4.55. The van der Waals surface area contributed by atoms with Crippen LogP contribution in [0.25, 0.3) is 11.0 Å². The van der Waals surface area contributed by atoms with Gasteiger partial charge in [0.1, 0.15) is 24.4 Å². The van der Waals surface area contributed by atoms with Crippen molar-refractivity contribution in [2.75, 3.05) is 9.74 Å². The number of anilines is 1. The first kappa shape index (κ1) is 19.2. The number of carbonyl (C=O) groups is 1. The first-order chi connectivity index (χ1) is 13.5. The second-order valence-electron chi connectivity index (χ2n) is 6.28. The van der Waals surface area contributed by atoms with Crippen molar-refractivity contribution in [1.82, 2.24) is 14.5 Å². The molecule has 3 heterocycles. The molecular weight excluding hydrogens is 485 g/mol. The highest BCUT2D eigenvalue weighted by molar-refractivity contribution is 14.1. The Balaban J connectivity index is 1.71. The largest absolute Gasteiger partial charge is 0.385 e. The van der Waals surface area contributed by atoms with Crippen LogP contribution in [0.3, 0.4) is 0 Å². The molecule has 1 saturated heterocycles. The first-order valence-corrected chi connectivity index (χ1v) is 9.94. The second-order valence-corrected chi connectivity index (χ2v) is 7.16. The van der Waals surface area contributed by atoms with E-state index in [0.717, 1.165) is 12.5 Å². The normalized spacial score (nSPS) is 24.6. The van der Waals surface area contributed by atoms with Crippen LogP contribution in [0.5, 0.6) is 0 Å². The van der Waals surface area contributed by atoms with Gasteiger partial charge in [-0.1, -0.05) is 40.8 Å². The summed E-state index contributed by atoms with van der Waals surface area (Å²) in [6.07, 6.45) is -2.78. The van der Waals surface area contributed by atoms with Gasteiger partial charge in [0, 0.05) is 16.2 Å². The van der Waals surface area contributed by atoms with Crippen molar-refractivity contribution in [1.29, 1.82) is 0 Å². The predicted molar refractivity (Wildman–Crippen MR) is 106 cm³/mol. The van der Waals surface area contributed by atoms with Crippen LogP contribution >= 0.6 is 22.6 Å². The Morgan fingerprint density at radius 2 is 2.07 bits per heavy atom. The van der Waals surface area contributed by atoms with Gasteiger partial charge in [0.25, 0.3) is 5.91 Å². The van der Waals surface area contributed by atoms with Crippen molar-refractivity contribution in [2.24, 2.45) is 0 Å². The van der Waals surface area contributed by atoms with E-state index in [-0.39, 0.29) is 16.9 Å². The molecule has 1 fully saturated rings. The number of benzene rings is 1. The maximum Gasteiger partial charge on any atom is 0.256 e. The van der Waals surface area contributed by atoms with Gasteiger partial charge in [0.2, 0.25) is 0 Å². The summed E-state index contributed by atoms with van der Waals surface area (Å²) in [5.74, 6) is -1.20. The fraction of sp³-hybridized carbons (Fsp3) is 0.278. The molecule has 1 aliphatic rings. The number of fused-ring (bicyclic) bond motifs is 1. The quantitative estimate of drug-likeness (QED) is 0.425. The van der Waals surface area contributed by atoms with Gasteiger partial charge in [-0.05, 0) is 12.1 Å². The van der Waals surface area contributed by atoms with Crippen LogP contribution in [0.15, 0.2) is 42.9 Å². The molecule has 4 atom stereocenters. The van der Waals surface area contributed by atoms with Crippen LogP contribution in [0.1, 0.15) is 16.6 Å². The summed E-state index contributed by atoms with van der Waals surface area (Å²) in [6, 6.07) is 8.41. The topological polar surface area (TPSA) is 89.3 Å². The molecule has 0 radical (unpaired) electrons. The van der Waals surface area contributed by atoms with Crippen molar-refractivity contribution in [3.8, 4) is 0 Å². The predicted octanol–water partition coefficient (Wildman–Crippen LogP) is 2.85. The molecular formula is C18H15F2IN4O3. The van der Waals surface area contributed by atoms with Crippen LogP contribution in [-0.2, 0) is 4.74 Å². The van der Waals surface area contributed by atoms with Gasteiger partial charge in [-0.25, -0.2) is 18.7 Å². The summed E-state index contributed by atoms with van der Waals surface area (Å²) in [4.78, 5) is 20.4. The zero-order valence-electron chi connectivity index (χ0n) is 14.3. The number of alkyl halides is 2. The number of aliphatic hydroxyl groups excluding tert-OH is 1. The van der Waals surface area contributed by atoms with Crippen LogP contribution < -0.4 is 5.32 Å². The molecule has 0 bridgehead atoms. The van der Waals surface area contributed by atoms with E-state index in [9.17, 15) is 18.7 Å². The van der Waals surface area contributed by atoms with Gasteiger partial charge in [0.15, 0.2) is 23.9 Å². The molecule has 2 N–H and O–H groups in total. The lowest BCUT2D eigenvalue weighted by Gasteiger charge is -2.16. The maximum absolute atomic E-state index is 14.7. The lowest BCUT2D eigenvalue weighted by Crippen LogP contribution is -2.28. The number of halogens is 3. The average molecular weight is 500 g/mol. The molecule has 1 amide bonds. The van der Waals surface area contributed by atoms with E-state index in [0.29, 0.717) is 9.99 Å². The minimum absolute atomic E-state index is 0.0233. The highest BCUT2D eigenvalue weighted by atomic mass is 127. The van der Waals surface area contributed by atoms with Gasteiger partial charge in [-0.15, -0.1) is 0 Å². The van der Waals surface area contributed by atoms with Gasteiger partial charge in [-0.3, -0.25) is 4.79 Å². The third kappa shape index (κ3) is 3.25. The zero-order valence-corrected chi connectivity index (χ0v) is 16.5. The smallest absolute Gasteiger partial charge is 0.256 e. The molecule has 2 aromatic heterocycles. The van der Waals surface area contributed by atoms with Crippen LogP contribution in [-0.4, -0.2) is 48.4 Å². The minimum Gasteiger partial charge on any atom is -0.385 e. The van der Waals surface area contributed by atoms with E-state index in [1.807, 2.05) is 22.6 Å². The van der Waals surface area contributed by atoms with Crippen LogP contribution in [0, 0.1) is 5.82 Å². The maximum atomic E-state index is 14.7. The molecule has 0 unspecified atom stereocenters. The fourth-order valence-electron chi connectivity index (χ4n) is 3.16. The van der Waals surface area contributed by atoms with E-state index < -0.39 is 36.3 Å². The summed E-state index contributed by atoms with van der Waals surface area (Å²) in [6.45, 7) is 0. The standard InChI is InChI=1S/C18H15F2IN4O3/c19-10-7-25(18-14(26)13(20)11(6-21)28-18)16-12(10)15(22-8-23-16)24-17(27)9-4-2-1-3-5-9/h1-5,7-8,11,13-14,18,26H,6H2,(H,22,23,24,27)/t11-,13-,14-,18-/m1/s1. The van der Waals surface area contributed by atoms with E-state index in [1.54, 1.807) is 30.3 Å². The number of amides is 1. The van der Waals surface area contributed by atoms with Gasteiger partial charge in [-0.2, -0.15) is 0 Å². The van der Waals surface area contributed by atoms with Gasteiger partial charge < -0.3 is 19.7 Å². The van der Waals surface area contributed by atoms with Crippen LogP contribution in [0.2, 0.25) is 0 Å². The molecule has 0 aliphatic carbocycles. The number of aliphatic hydroxyl groups is 1. The Morgan fingerprint density at radius 1 is 1.32 bits per heavy atom.